The molecule has 128 valence electrons. The highest BCUT2D eigenvalue weighted by molar-refractivity contribution is 7.23. The second-order valence-corrected chi connectivity index (χ2v) is 9.33. The molecule has 0 saturated heterocycles. The van der Waals surface area contributed by atoms with Gasteiger partial charge in [-0.2, -0.15) is 0 Å². The smallest absolute Gasteiger partial charge is 0.0436 e. The highest BCUT2D eigenvalue weighted by Crippen LogP contribution is 2.55. The predicted octanol–water partition coefficient (Wildman–Crippen LogP) is 7.73. The summed E-state index contributed by atoms with van der Waals surface area (Å²) in [5.41, 5.74) is 7.28. The molecule has 0 fully saturated rings. The Labute approximate surface area is 159 Å². The molecule has 0 radical (unpaired) electrons. The van der Waals surface area contributed by atoms with Gasteiger partial charge < -0.3 is 0 Å². The van der Waals surface area contributed by atoms with E-state index in [-0.39, 0.29) is 5.41 Å². The van der Waals surface area contributed by atoms with Crippen LogP contribution in [0.5, 0.6) is 0 Å². The van der Waals surface area contributed by atoms with Crippen LogP contribution in [-0.4, -0.2) is 0 Å². The van der Waals surface area contributed by atoms with Crippen molar-refractivity contribution in [1.29, 1.82) is 0 Å². The third-order valence-electron chi connectivity index (χ3n) is 5.52. The highest BCUT2D eigenvalue weighted by atomic mass is 32.1. The Balaban J connectivity index is 2.00. The van der Waals surface area contributed by atoms with Gasteiger partial charge in [0.15, 0.2) is 0 Å². The van der Waals surface area contributed by atoms with E-state index in [1.165, 1.54) is 42.8 Å². The molecule has 1 aliphatic rings. The molecule has 1 unspecified atom stereocenters. The van der Waals surface area contributed by atoms with Crippen LogP contribution in [0.15, 0.2) is 72.8 Å². The van der Waals surface area contributed by atoms with Crippen molar-refractivity contribution >= 4 is 21.4 Å². The Bertz CT molecular complexity index is 1120. The fourth-order valence-corrected chi connectivity index (χ4v) is 5.80. The summed E-state index contributed by atoms with van der Waals surface area (Å²) < 4.78 is 1.37. The van der Waals surface area contributed by atoms with Crippen LogP contribution in [0.2, 0.25) is 0 Å². The fraction of sp³-hybridized carbons (Fsp3) is 0.200. The zero-order valence-corrected chi connectivity index (χ0v) is 16.2. The largest absolute Gasteiger partial charge is 0.135 e. The second-order valence-electron chi connectivity index (χ2n) is 8.28. The van der Waals surface area contributed by atoms with E-state index < -0.39 is 0 Å². The molecule has 0 N–H and O–H groups in total. The summed E-state index contributed by atoms with van der Waals surface area (Å²) in [6.07, 6.45) is 0. The summed E-state index contributed by atoms with van der Waals surface area (Å²) in [5.74, 6) is 0.383. The molecule has 0 spiro atoms. The Morgan fingerprint density at radius 1 is 0.692 bits per heavy atom. The molecule has 0 amide bonds. The highest BCUT2D eigenvalue weighted by Gasteiger charge is 2.35. The van der Waals surface area contributed by atoms with Gasteiger partial charge in [-0.15, -0.1) is 11.3 Å². The first-order valence-electron chi connectivity index (χ1n) is 9.26. The van der Waals surface area contributed by atoms with Gasteiger partial charge in [0.25, 0.3) is 0 Å². The van der Waals surface area contributed by atoms with Gasteiger partial charge in [0.1, 0.15) is 0 Å². The van der Waals surface area contributed by atoms with Gasteiger partial charge in [0.05, 0.1) is 0 Å². The third-order valence-corrected chi connectivity index (χ3v) is 6.72. The molecular weight excluding hydrogens is 332 g/mol. The molecule has 0 saturated carbocycles. The van der Waals surface area contributed by atoms with E-state index in [0.29, 0.717) is 5.92 Å². The van der Waals surface area contributed by atoms with Crippen molar-refractivity contribution < 1.29 is 0 Å². The average molecular weight is 355 g/mol. The summed E-state index contributed by atoms with van der Waals surface area (Å²) in [6.45, 7) is 7.09. The monoisotopic (exact) mass is 354 g/mol. The van der Waals surface area contributed by atoms with Gasteiger partial charge in [0.2, 0.25) is 0 Å². The first-order chi connectivity index (χ1) is 12.6. The van der Waals surface area contributed by atoms with E-state index in [0.717, 1.165) is 0 Å². The van der Waals surface area contributed by atoms with Gasteiger partial charge in [-0.25, -0.2) is 0 Å². The van der Waals surface area contributed by atoms with Crippen molar-refractivity contribution in [2.45, 2.75) is 26.7 Å². The minimum Gasteiger partial charge on any atom is -0.135 e. The molecule has 1 aliphatic carbocycles. The number of benzene rings is 3. The zero-order valence-electron chi connectivity index (χ0n) is 15.4. The lowest BCUT2D eigenvalue weighted by Crippen LogP contribution is -2.20. The van der Waals surface area contributed by atoms with Gasteiger partial charge in [-0.05, 0) is 33.7 Å². The van der Waals surface area contributed by atoms with E-state index in [1.807, 2.05) is 11.3 Å². The SMILES string of the molecule is CC(C)(C)C1c2ccccc2-c2sc3ccccc3c2-c2ccccc21. The molecule has 5 rings (SSSR count). The van der Waals surface area contributed by atoms with Crippen LogP contribution in [0.3, 0.4) is 0 Å². The molecule has 1 heteroatoms. The zero-order chi connectivity index (χ0) is 17.9. The molecule has 1 aromatic heterocycles. The Morgan fingerprint density at radius 3 is 2.00 bits per heavy atom. The average Bonchev–Trinajstić information content (AvgIpc) is 2.95. The van der Waals surface area contributed by atoms with Gasteiger partial charge in [-0.1, -0.05) is 87.5 Å². The molecule has 4 aromatic rings. The van der Waals surface area contributed by atoms with E-state index >= 15 is 0 Å². The van der Waals surface area contributed by atoms with Crippen LogP contribution < -0.4 is 0 Å². The van der Waals surface area contributed by atoms with Crippen LogP contribution >= 0.6 is 11.3 Å². The summed E-state index contributed by atoms with van der Waals surface area (Å²) in [6, 6.07) is 26.9. The number of thiophene rings is 1. The first-order valence-corrected chi connectivity index (χ1v) is 10.1. The predicted molar refractivity (Wildman–Crippen MR) is 114 cm³/mol. The third kappa shape index (κ3) is 2.20. The maximum Gasteiger partial charge on any atom is 0.0436 e. The lowest BCUT2D eigenvalue weighted by atomic mass is 9.71. The normalized spacial score (nSPS) is 15.9. The van der Waals surface area contributed by atoms with Crippen LogP contribution in [0.1, 0.15) is 37.8 Å². The van der Waals surface area contributed by atoms with Gasteiger partial charge in [0, 0.05) is 26.4 Å². The maximum absolute atomic E-state index is 2.36. The van der Waals surface area contributed by atoms with Crippen LogP contribution in [-0.2, 0) is 0 Å². The van der Waals surface area contributed by atoms with E-state index in [1.54, 1.807) is 0 Å². The molecule has 0 bridgehead atoms. The number of rotatable bonds is 0. The Kier molecular flexibility index (Phi) is 3.39. The van der Waals surface area contributed by atoms with Gasteiger partial charge in [-0.3, -0.25) is 0 Å². The summed E-state index contributed by atoms with van der Waals surface area (Å²) in [5, 5.41) is 1.38. The minimum absolute atomic E-state index is 0.149. The fourth-order valence-electron chi connectivity index (χ4n) is 4.53. The Hall–Kier alpha value is -2.38. The first kappa shape index (κ1) is 15.8. The van der Waals surface area contributed by atoms with Crippen molar-refractivity contribution in [3.63, 3.8) is 0 Å². The lowest BCUT2D eigenvalue weighted by molar-refractivity contribution is 0.360. The van der Waals surface area contributed by atoms with E-state index in [4.69, 9.17) is 0 Å². The van der Waals surface area contributed by atoms with Crippen molar-refractivity contribution in [3.8, 4) is 21.6 Å². The molecular formula is C25H22S. The van der Waals surface area contributed by atoms with Gasteiger partial charge >= 0.3 is 0 Å². The van der Waals surface area contributed by atoms with Crippen LogP contribution in [0.4, 0.5) is 0 Å². The minimum atomic E-state index is 0.149. The number of hydrogen-bond donors (Lipinski definition) is 0. The molecule has 3 aromatic carbocycles. The summed E-state index contributed by atoms with van der Waals surface area (Å²) in [4.78, 5) is 1.42. The second kappa shape index (κ2) is 5.56. The van der Waals surface area contributed by atoms with Crippen LogP contribution in [0, 0.1) is 5.41 Å². The molecule has 1 atom stereocenters. The Morgan fingerprint density at radius 2 is 1.27 bits per heavy atom. The molecule has 26 heavy (non-hydrogen) atoms. The topological polar surface area (TPSA) is 0 Å². The van der Waals surface area contributed by atoms with Crippen molar-refractivity contribution in [1.82, 2.24) is 0 Å². The van der Waals surface area contributed by atoms with Crippen LogP contribution in [0.25, 0.3) is 31.7 Å². The molecule has 0 aliphatic heterocycles. The van der Waals surface area contributed by atoms with E-state index in [2.05, 4.69) is 93.6 Å². The van der Waals surface area contributed by atoms with Crippen molar-refractivity contribution in [3.05, 3.63) is 83.9 Å². The quantitative estimate of drug-likeness (QED) is 0.303. The number of hydrogen-bond acceptors (Lipinski definition) is 1. The molecule has 1 heterocycles. The van der Waals surface area contributed by atoms with Crippen molar-refractivity contribution in [2.24, 2.45) is 5.41 Å². The number of fused-ring (bicyclic) bond motifs is 7. The molecule has 0 nitrogen and oxygen atoms in total. The van der Waals surface area contributed by atoms with Crippen molar-refractivity contribution in [2.75, 3.05) is 0 Å². The van der Waals surface area contributed by atoms with E-state index in [9.17, 15) is 0 Å². The standard InChI is InChI=1S/C25H22S/c1-25(2,3)23-17-11-5-4-10-16(17)22-20-14-8-9-15-21(20)26-24(22)19-13-7-6-12-18(19)23/h4-15,23H,1-3H3. The lowest BCUT2D eigenvalue weighted by Gasteiger charge is -2.33. The maximum atomic E-state index is 2.36. The summed E-state index contributed by atoms with van der Waals surface area (Å²) in [7, 11) is 0. The summed E-state index contributed by atoms with van der Waals surface area (Å²) >= 11 is 1.93.